The van der Waals surface area contributed by atoms with Crippen molar-refractivity contribution < 1.29 is 9.21 Å². The molecule has 1 aromatic heterocycles. The SMILES string of the molecule is Cc1ccc(C(=O)N(CCCN)C(c2c(-c3ccccc3)oc(=O)n2Cc2ccccc2)C(C)C)cc1. The van der Waals surface area contributed by atoms with E-state index in [2.05, 4.69) is 13.8 Å². The van der Waals surface area contributed by atoms with Crippen LogP contribution >= 0.6 is 0 Å². The van der Waals surface area contributed by atoms with Crippen LogP contribution in [0.5, 0.6) is 0 Å². The number of carbonyl (C=O) groups excluding carboxylic acids is 1. The first-order valence-corrected chi connectivity index (χ1v) is 12.8. The van der Waals surface area contributed by atoms with Crippen LogP contribution in [0.15, 0.2) is 94.1 Å². The molecule has 1 amide bonds. The lowest BCUT2D eigenvalue weighted by atomic mass is 9.94. The van der Waals surface area contributed by atoms with Gasteiger partial charge in [-0.2, -0.15) is 0 Å². The first-order valence-electron chi connectivity index (χ1n) is 12.8. The lowest BCUT2D eigenvalue weighted by Crippen LogP contribution is -2.40. The molecule has 6 heteroatoms. The van der Waals surface area contributed by atoms with Gasteiger partial charge in [0.1, 0.15) is 0 Å². The Morgan fingerprint density at radius 1 is 0.946 bits per heavy atom. The van der Waals surface area contributed by atoms with Gasteiger partial charge in [-0.05, 0) is 43.5 Å². The van der Waals surface area contributed by atoms with Crippen molar-refractivity contribution in [3.8, 4) is 11.3 Å². The Labute approximate surface area is 218 Å². The van der Waals surface area contributed by atoms with E-state index in [1.54, 1.807) is 4.57 Å². The molecule has 0 bridgehead atoms. The van der Waals surface area contributed by atoms with E-state index >= 15 is 0 Å². The van der Waals surface area contributed by atoms with Crippen LogP contribution in [0.2, 0.25) is 0 Å². The number of benzene rings is 3. The number of nitrogens with two attached hydrogens (primary N) is 1. The van der Waals surface area contributed by atoms with Crippen LogP contribution in [0.1, 0.15) is 53.5 Å². The van der Waals surface area contributed by atoms with E-state index in [-0.39, 0.29) is 11.8 Å². The highest BCUT2D eigenvalue weighted by Gasteiger charge is 2.35. The normalized spacial score (nSPS) is 12.0. The van der Waals surface area contributed by atoms with E-state index < -0.39 is 11.8 Å². The minimum absolute atomic E-state index is 0.00587. The Kier molecular flexibility index (Phi) is 8.41. The van der Waals surface area contributed by atoms with Crippen molar-refractivity contribution in [1.29, 1.82) is 0 Å². The average molecular weight is 498 g/mol. The van der Waals surface area contributed by atoms with Crippen molar-refractivity contribution in [3.05, 3.63) is 118 Å². The zero-order valence-electron chi connectivity index (χ0n) is 21.8. The fourth-order valence-electron chi connectivity index (χ4n) is 4.74. The lowest BCUT2D eigenvalue weighted by Gasteiger charge is -2.35. The van der Waals surface area contributed by atoms with Gasteiger partial charge in [0.05, 0.1) is 18.3 Å². The molecule has 4 aromatic rings. The molecule has 1 atom stereocenters. The van der Waals surface area contributed by atoms with Gasteiger partial charge in [-0.25, -0.2) is 4.79 Å². The van der Waals surface area contributed by atoms with Crippen LogP contribution in [0, 0.1) is 12.8 Å². The predicted octanol–water partition coefficient (Wildman–Crippen LogP) is 5.65. The maximum absolute atomic E-state index is 14.0. The maximum atomic E-state index is 14.0. The number of carbonyl (C=O) groups is 1. The summed E-state index contributed by atoms with van der Waals surface area (Å²) in [5, 5.41) is 0. The summed E-state index contributed by atoms with van der Waals surface area (Å²) in [6.45, 7) is 7.40. The molecule has 192 valence electrons. The topological polar surface area (TPSA) is 81.5 Å². The Hall–Kier alpha value is -3.90. The smallest absolute Gasteiger partial charge is 0.407 e. The number of hydrogen-bond acceptors (Lipinski definition) is 4. The van der Waals surface area contributed by atoms with Gasteiger partial charge in [0.15, 0.2) is 5.76 Å². The Morgan fingerprint density at radius 2 is 1.57 bits per heavy atom. The summed E-state index contributed by atoms with van der Waals surface area (Å²) in [6.07, 6.45) is 0.641. The lowest BCUT2D eigenvalue weighted by molar-refractivity contribution is 0.0611. The maximum Gasteiger partial charge on any atom is 0.420 e. The van der Waals surface area contributed by atoms with Gasteiger partial charge in [-0.15, -0.1) is 0 Å². The van der Waals surface area contributed by atoms with Crippen molar-refractivity contribution in [2.24, 2.45) is 11.7 Å². The van der Waals surface area contributed by atoms with Crippen LogP contribution < -0.4 is 11.5 Å². The molecule has 0 spiro atoms. The molecule has 0 aliphatic carbocycles. The molecule has 4 rings (SSSR count). The predicted molar refractivity (Wildman–Crippen MR) is 147 cm³/mol. The second-order valence-corrected chi connectivity index (χ2v) is 9.72. The minimum Gasteiger partial charge on any atom is -0.407 e. The van der Waals surface area contributed by atoms with E-state index in [0.717, 1.165) is 16.7 Å². The standard InChI is InChI=1S/C31H35N3O3/c1-22(2)27(33(20-10-19-32)30(35)26-17-15-23(3)16-18-26)28-29(25-13-8-5-9-14-25)37-31(36)34(28)21-24-11-6-4-7-12-24/h4-9,11-18,22,27H,10,19-21,32H2,1-3H3. The molecule has 0 radical (unpaired) electrons. The van der Waals surface area contributed by atoms with Gasteiger partial charge in [-0.1, -0.05) is 92.2 Å². The van der Waals surface area contributed by atoms with Crippen molar-refractivity contribution in [3.63, 3.8) is 0 Å². The van der Waals surface area contributed by atoms with Crippen LogP contribution in [0.3, 0.4) is 0 Å². The zero-order valence-corrected chi connectivity index (χ0v) is 21.8. The number of hydrogen-bond donors (Lipinski definition) is 1. The number of oxazole rings is 1. The molecule has 1 heterocycles. The quantitative estimate of drug-likeness (QED) is 0.307. The first-order chi connectivity index (χ1) is 17.9. The monoisotopic (exact) mass is 497 g/mol. The third-order valence-corrected chi connectivity index (χ3v) is 6.56. The third-order valence-electron chi connectivity index (χ3n) is 6.56. The highest BCUT2D eigenvalue weighted by molar-refractivity contribution is 5.94. The van der Waals surface area contributed by atoms with Crippen molar-refractivity contribution in [1.82, 2.24) is 9.47 Å². The molecule has 0 aliphatic rings. The van der Waals surface area contributed by atoms with Crippen LogP contribution in [-0.4, -0.2) is 28.5 Å². The summed E-state index contributed by atoms with van der Waals surface area (Å²) in [6, 6.07) is 26.6. The first kappa shape index (κ1) is 26.2. The largest absolute Gasteiger partial charge is 0.420 e. The summed E-state index contributed by atoms with van der Waals surface area (Å²) in [5.41, 5.74) is 10.1. The summed E-state index contributed by atoms with van der Waals surface area (Å²) < 4.78 is 7.62. The molecular formula is C31H35N3O3. The molecule has 0 fully saturated rings. The second-order valence-electron chi connectivity index (χ2n) is 9.72. The molecule has 37 heavy (non-hydrogen) atoms. The molecule has 6 nitrogen and oxygen atoms in total. The fourth-order valence-corrected chi connectivity index (χ4v) is 4.74. The van der Waals surface area contributed by atoms with Gasteiger partial charge in [0.2, 0.25) is 0 Å². The summed E-state index contributed by atoms with van der Waals surface area (Å²) in [5.74, 6) is -0.0423. The van der Waals surface area contributed by atoms with Gasteiger partial charge in [0, 0.05) is 17.7 Å². The molecule has 3 aromatic carbocycles. The van der Waals surface area contributed by atoms with E-state index in [1.165, 1.54) is 0 Å². The van der Waals surface area contributed by atoms with Gasteiger partial charge in [0.25, 0.3) is 5.91 Å². The van der Waals surface area contributed by atoms with Gasteiger partial charge >= 0.3 is 5.76 Å². The number of nitrogens with zero attached hydrogens (tertiary/aromatic N) is 2. The van der Waals surface area contributed by atoms with E-state index in [4.69, 9.17) is 10.2 Å². The molecule has 0 aliphatic heterocycles. The third kappa shape index (κ3) is 5.92. The summed E-state index contributed by atoms with van der Waals surface area (Å²) >= 11 is 0. The summed E-state index contributed by atoms with van der Waals surface area (Å²) in [4.78, 5) is 29.2. The minimum atomic E-state index is -0.440. The molecule has 2 N–H and O–H groups in total. The molecular weight excluding hydrogens is 462 g/mol. The molecule has 0 saturated heterocycles. The van der Waals surface area contributed by atoms with Crippen LogP contribution in [0.25, 0.3) is 11.3 Å². The molecule has 0 saturated carbocycles. The Morgan fingerprint density at radius 3 is 2.16 bits per heavy atom. The number of amides is 1. The number of rotatable bonds is 10. The zero-order chi connectivity index (χ0) is 26.4. The van der Waals surface area contributed by atoms with Crippen LogP contribution in [-0.2, 0) is 6.54 Å². The van der Waals surface area contributed by atoms with E-state index in [1.807, 2.05) is 96.8 Å². The van der Waals surface area contributed by atoms with Crippen LogP contribution in [0.4, 0.5) is 0 Å². The Bertz CT molecular complexity index is 1360. The summed E-state index contributed by atoms with van der Waals surface area (Å²) in [7, 11) is 0. The Balaban J connectivity index is 1.91. The average Bonchev–Trinajstić information content (AvgIpc) is 3.22. The van der Waals surface area contributed by atoms with Gasteiger partial charge in [-0.3, -0.25) is 9.36 Å². The highest BCUT2D eigenvalue weighted by Crippen LogP contribution is 2.37. The number of aromatic nitrogens is 1. The van der Waals surface area contributed by atoms with E-state index in [9.17, 15) is 9.59 Å². The van der Waals surface area contributed by atoms with Crippen molar-refractivity contribution >= 4 is 5.91 Å². The fraction of sp³-hybridized carbons (Fsp3) is 0.290. The second kappa shape index (κ2) is 11.9. The van der Waals surface area contributed by atoms with E-state index in [0.29, 0.717) is 43.1 Å². The highest BCUT2D eigenvalue weighted by atomic mass is 16.4. The molecule has 1 unspecified atom stereocenters. The van der Waals surface area contributed by atoms with Gasteiger partial charge < -0.3 is 15.1 Å². The van der Waals surface area contributed by atoms with Crippen molar-refractivity contribution in [2.75, 3.05) is 13.1 Å². The number of aryl methyl sites for hydroxylation is 1. The van der Waals surface area contributed by atoms with Crippen molar-refractivity contribution in [2.45, 2.75) is 39.8 Å².